The molecule has 0 aliphatic carbocycles. The third-order valence-electron chi connectivity index (χ3n) is 2.38. The van der Waals surface area contributed by atoms with Crippen molar-refractivity contribution in [2.24, 2.45) is 0 Å². The Morgan fingerprint density at radius 2 is 2.05 bits per heavy atom. The van der Waals surface area contributed by atoms with Gasteiger partial charge in [-0.15, -0.1) is 0 Å². The van der Waals surface area contributed by atoms with E-state index in [1.165, 1.54) is 13.2 Å². The number of hydrogen-bond donors (Lipinski definition) is 1. The normalized spacial score (nSPS) is 10.2. The zero-order valence-corrected chi connectivity index (χ0v) is 10.8. The van der Waals surface area contributed by atoms with Crippen LogP contribution in [0.5, 0.6) is 11.6 Å². The first kappa shape index (κ1) is 14.0. The SMILES string of the molecule is COc1ccnc(NCCOc2ccc(F)c(F)c2)n1. The highest BCUT2D eigenvalue weighted by Gasteiger charge is 2.03. The molecule has 0 atom stereocenters. The Kier molecular flexibility index (Phi) is 4.65. The molecule has 0 aliphatic rings. The lowest BCUT2D eigenvalue weighted by molar-refractivity contribution is 0.329. The summed E-state index contributed by atoms with van der Waals surface area (Å²) in [7, 11) is 1.51. The van der Waals surface area contributed by atoms with Crippen molar-refractivity contribution in [1.29, 1.82) is 0 Å². The van der Waals surface area contributed by atoms with E-state index in [9.17, 15) is 8.78 Å². The maximum Gasteiger partial charge on any atom is 0.226 e. The van der Waals surface area contributed by atoms with Gasteiger partial charge in [0, 0.05) is 18.3 Å². The molecule has 0 saturated carbocycles. The second-order valence-electron chi connectivity index (χ2n) is 3.77. The molecule has 106 valence electrons. The average Bonchev–Trinajstić information content (AvgIpc) is 2.47. The highest BCUT2D eigenvalue weighted by Crippen LogP contribution is 2.15. The number of methoxy groups -OCH3 is 1. The summed E-state index contributed by atoms with van der Waals surface area (Å²) in [5.41, 5.74) is 0. The number of nitrogens with zero attached hydrogens (tertiary/aromatic N) is 2. The lowest BCUT2D eigenvalue weighted by Gasteiger charge is -2.08. The van der Waals surface area contributed by atoms with Gasteiger partial charge in [0.2, 0.25) is 11.8 Å². The molecule has 2 aromatic rings. The number of benzene rings is 1. The highest BCUT2D eigenvalue weighted by molar-refractivity contribution is 5.27. The van der Waals surface area contributed by atoms with Gasteiger partial charge in [-0.25, -0.2) is 13.8 Å². The number of aromatic nitrogens is 2. The number of anilines is 1. The van der Waals surface area contributed by atoms with Gasteiger partial charge in [0.25, 0.3) is 0 Å². The number of ether oxygens (including phenoxy) is 2. The molecule has 1 aromatic carbocycles. The van der Waals surface area contributed by atoms with E-state index < -0.39 is 11.6 Å². The van der Waals surface area contributed by atoms with Crippen LogP contribution in [0.2, 0.25) is 0 Å². The van der Waals surface area contributed by atoms with E-state index in [0.717, 1.165) is 12.1 Å². The van der Waals surface area contributed by atoms with Crippen LogP contribution < -0.4 is 14.8 Å². The lowest BCUT2D eigenvalue weighted by Crippen LogP contribution is -2.13. The minimum atomic E-state index is -0.938. The highest BCUT2D eigenvalue weighted by atomic mass is 19.2. The molecular weight excluding hydrogens is 268 g/mol. The largest absolute Gasteiger partial charge is 0.492 e. The molecule has 0 bridgehead atoms. The summed E-state index contributed by atoms with van der Waals surface area (Å²) in [5, 5.41) is 2.92. The fourth-order valence-electron chi connectivity index (χ4n) is 1.44. The topological polar surface area (TPSA) is 56.3 Å². The first-order valence-electron chi connectivity index (χ1n) is 5.88. The molecule has 2 rings (SSSR count). The maximum absolute atomic E-state index is 12.9. The van der Waals surface area contributed by atoms with Crippen molar-refractivity contribution < 1.29 is 18.3 Å². The van der Waals surface area contributed by atoms with Crippen molar-refractivity contribution in [2.75, 3.05) is 25.6 Å². The Morgan fingerprint density at radius 3 is 2.80 bits per heavy atom. The number of hydrogen-bond acceptors (Lipinski definition) is 5. The van der Waals surface area contributed by atoms with Crippen LogP contribution in [0.1, 0.15) is 0 Å². The molecule has 1 heterocycles. The van der Waals surface area contributed by atoms with E-state index in [2.05, 4.69) is 15.3 Å². The molecule has 5 nitrogen and oxygen atoms in total. The summed E-state index contributed by atoms with van der Waals surface area (Å²) in [6, 6.07) is 5.00. The van der Waals surface area contributed by atoms with Gasteiger partial charge >= 0.3 is 0 Å². The van der Waals surface area contributed by atoms with Crippen LogP contribution in [-0.2, 0) is 0 Å². The summed E-state index contributed by atoms with van der Waals surface area (Å²) in [4.78, 5) is 8.04. The van der Waals surface area contributed by atoms with Crippen molar-refractivity contribution in [3.63, 3.8) is 0 Å². The van der Waals surface area contributed by atoms with E-state index >= 15 is 0 Å². The Labute approximate surface area is 114 Å². The molecule has 0 saturated heterocycles. The molecule has 1 N–H and O–H groups in total. The monoisotopic (exact) mass is 281 g/mol. The van der Waals surface area contributed by atoms with Crippen LogP contribution in [0.3, 0.4) is 0 Å². The van der Waals surface area contributed by atoms with Gasteiger partial charge in [-0.3, -0.25) is 0 Å². The minimum Gasteiger partial charge on any atom is -0.492 e. The zero-order valence-electron chi connectivity index (χ0n) is 10.8. The van der Waals surface area contributed by atoms with Crippen LogP contribution in [0.25, 0.3) is 0 Å². The Morgan fingerprint density at radius 1 is 1.20 bits per heavy atom. The predicted molar refractivity (Wildman–Crippen MR) is 68.9 cm³/mol. The Bertz CT molecular complexity index is 581. The van der Waals surface area contributed by atoms with E-state index in [0.29, 0.717) is 18.4 Å². The van der Waals surface area contributed by atoms with E-state index in [4.69, 9.17) is 9.47 Å². The van der Waals surface area contributed by atoms with Crippen molar-refractivity contribution >= 4 is 5.95 Å². The van der Waals surface area contributed by atoms with Crippen LogP contribution in [0, 0.1) is 11.6 Å². The van der Waals surface area contributed by atoms with Crippen LogP contribution >= 0.6 is 0 Å². The van der Waals surface area contributed by atoms with Gasteiger partial charge in [-0.05, 0) is 12.1 Å². The predicted octanol–water partition coefficient (Wildman–Crippen LogP) is 2.25. The number of nitrogens with one attached hydrogen (secondary N) is 1. The summed E-state index contributed by atoms with van der Waals surface area (Å²) in [5.74, 6) is -0.730. The third-order valence-corrected chi connectivity index (χ3v) is 2.38. The molecule has 0 amide bonds. The van der Waals surface area contributed by atoms with Crippen LogP contribution in [0.15, 0.2) is 30.5 Å². The second-order valence-corrected chi connectivity index (χ2v) is 3.77. The van der Waals surface area contributed by atoms with E-state index in [1.807, 2.05) is 0 Å². The molecule has 0 fully saturated rings. The van der Waals surface area contributed by atoms with Gasteiger partial charge in [0.05, 0.1) is 13.7 Å². The zero-order chi connectivity index (χ0) is 14.4. The fraction of sp³-hybridized carbons (Fsp3) is 0.231. The summed E-state index contributed by atoms with van der Waals surface area (Å²) in [6.07, 6.45) is 1.56. The fourth-order valence-corrected chi connectivity index (χ4v) is 1.44. The average molecular weight is 281 g/mol. The van der Waals surface area contributed by atoms with Gasteiger partial charge in [0.15, 0.2) is 11.6 Å². The van der Waals surface area contributed by atoms with Crippen LogP contribution in [-0.4, -0.2) is 30.2 Å². The third kappa shape index (κ3) is 3.78. The first-order chi connectivity index (χ1) is 9.69. The Balaban J connectivity index is 1.79. The summed E-state index contributed by atoms with van der Waals surface area (Å²) >= 11 is 0. The maximum atomic E-state index is 12.9. The van der Waals surface area contributed by atoms with Gasteiger partial charge < -0.3 is 14.8 Å². The van der Waals surface area contributed by atoms with Crippen molar-refractivity contribution in [3.8, 4) is 11.6 Å². The summed E-state index contributed by atoms with van der Waals surface area (Å²) in [6.45, 7) is 0.664. The second kappa shape index (κ2) is 6.65. The summed E-state index contributed by atoms with van der Waals surface area (Å²) < 4.78 is 35.9. The molecule has 0 spiro atoms. The molecule has 0 aliphatic heterocycles. The molecule has 20 heavy (non-hydrogen) atoms. The smallest absolute Gasteiger partial charge is 0.226 e. The van der Waals surface area contributed by atoms with Crippen molar-refractivity contribution in [1.82, 2.24) is 9.97 Å². The molecule has 1 aromatic heterocycles. The number of rotatable bonds is 6. The molecule has 7 heteroatoms. The standard InChI is InChI=1S/C13H13F2N3O2/c1-19-12-4-5-16-13(18-12)17-6-7-20-9-2-3-10(14)11(15)8-9/h2-5,8H,6-7H2,1H3,(H,16,17,18). The van der Waals surface area contributed by atoms with Crippen molar-refractivity contribution in [2.45, 2.75) is 0 Å². The van der Waals surface area contributed by atoms with Crippen LogP contribution in [0.4, 0.5) is 14.7 Å². The number of halogens is 2. The molecular formula is C13H13F2N3O2. The molecule has 0 unspecified atom stereocenters. The first-order valence-corrected chi connectivity index (χ1v) is 5.88. The quantitative estimate of drug-likeness (QED) is 0.823. The minimum absolute atomic E-state index is 0.256. The van der Waals surface area contributed by atoms with Gasteiger partial charge in [0.1, 0.15) is 12.4 Å². The van der Waals surface area contributed by atoms with Gasteiger partial charge in [-0.2, -0.15) is 4.98 Å². The van der Waals surface area contributed by atoms with Crippen molar-refractivity contribution in [3.05, 3.63) is 42.1 Å². The molecule has 0 radical (unpaired) electrons. The lowest BCUT2D eigenvalue weighted by atomic mass is 10.3. The van der Waals surface area contributed by atoms with E-state index in [-0.39, 0.29) is 12.4 Å². The van der Waals surface area contributed by atoms with E-state index in [1.54, 1.807) is 12.3 Å². The Hall–Kier alpha value is -2.44. The van der Waals surface area contributed by atoms with Gasteiger partial charge in [-0.1, -0.05) is 0 Å².